The first kappa shape index (κ1) is 13.4. The number of H-pyrrole nitrogens is 1. The van der Waals surface area contributed by atoms with Gasteiger partial charge in [0.15, 0.2) is 0 Å². The Hall–Kier alpha value is -2.56. The summed E-state index contributed by atoms with van der Waals surface area (Å²) in [6.07, 6.45) is 4.94. The zero-order valence-electron chi connectivity index (χ0n) is 11.8. The fraction of sp³-hybridized carbons (Fsp3) is 0.250. The SMILES string of the molecule is CC(CCc1ccco1)NC(=O)c1ccc2nc[nH]c2c1. The van der Waals surface area contributed by atoms with Gasteiger partial charge >= 0.3 is 0 Å². The van der Waals surface area contributed by atoms with Gasteiger partial charge in [0.2, 0.25) is 0 Å². The first-order valence-corrected chi connectivity index (χ1v) is 6.99. The molecule has 1 aromatic carbocycles. The van der Waals surface area contributed by atoms with Crippen LogP contribution in [0.1, 0.15) is 29.5 Å². The summed E-state index contributed by atoms with van der Waals surface area (Å²) < 4.78 is 5.29. The van der Waals surface area contributed by atoms with E-state index in [0.29, 0.717) is 5.56 Å². The minimum absolute atomic E-state index is 0.0709. The Morgan fingerprint density at radius 2 is 2.33 bits per heavy atom. The van der Waals surface area contributed by atoms with E-state index >= 15 is 0 Å². The van der Waals surface area contributed by atoms with Gasteiger partial charge in [0.25, 0.3) is 5.91 Å². The first-order valence-electron chi connectivity index (χ1n) is 6.99. The maximum Gasteiger partial charge on any atom is 0.251 e. The van der Waals surface area contributed by atoms with Crippen molar-refractivity contribution in [3.63, 3.8) is 0 Å². The van der Waals surface area contributed by atoms with Gasteiger partial charge in [-0.25, -0.2) is 4.98 Å². The molecule has 0 aliphatic carbocycles. The van der Waals surface area contributed by atoms with Gasteiger partial charge in [0.05, 0.1) is 23.6 Å². The predicted octanol–water partition coefficient (Wildman–Crippen LogP) is 2.91. The van der Waals surface area contributed by atoms with Crippen LogP contribution in [0.25, 0.3) is 11.0 Å². The summed E-state index contributed by atoms with van der Waals surface area (Å²) in [4.78, 5) is 19.4. The van der Waals surface area contributed by atoms with Crippen molar-refractivity contribution in [2.75, 3.05) is 0 Å². The summed E-state index contributed by atoms with van der Waals surface area (Å²) in [6.45, 7) is 2.00. The van der Waals surface area contributed by atoms with Gasteiger partial charge in [-0.3, -0.25) is 4.79 Å². The molecular weight excluding hydrogens is 266 g/mol. The van der Waals surface area contributed by atoms with E-state index in [1.807, 2.05) is 31.2 Å². The van der Waals surface area contributed by atoms with Crippen molar-refractivity contribution in [1.29, 1.82) is 0 Å². The van der Waals surface area contributed by atoms with Crippen molar-refractivity contribution in [3.05, 3.63) is 54.2 Å². The van der Waals surface area contributed by atoms with E-state index < -0.39 is 0 Å². The number of aryl methyl sites for hydroxylation is 1. The molecular formula is C16H17N3O2. The fourth-order valence-electron chi connectivity index (χ4n) is 2.27. The molecule has 2 aromatic heterocycles. The van der Waals surface area contributed by atoms with E-state index in [1.165, 1.54) is 0 Å². The smallest absolute Gasteiger partial charge is 0.251 e. The van der Waals surface area contributed by atoms with E-state index in [9.17, 15) is 4.79 Å². The number of aromatic amines is 1. The van der Waals surface area contributed by atoms with Crippen LogP contribution in [0.15, 0.2) is 47.3 Å². The number of benzene rings is 1. The summed E-state index contributed by atoms with van der Waals surface area (Å²) in [6, 6.07) is 9.35. The Morgan fingerprint density at radius 1 is 1.43 bits per heavy atom. The highest BCUT2D eigenvalue weighted by Crippen LogP contribution is 2.12. The standard InChI is InChI=1S/C16H17N3O2/c1-11(4-6-13-3-2-8-21-13)19-16(20)12-5-7-14-15(9-12)18-10-17-14/h2-3,5,7-11H,4,6H2,1H3,(H,17,18)(H,19,20). The van der Waals surface area contributed by atoms with Crippen LogP contribution >= 0.6 is 0 Å². The lowest BCUT2D eigenvalue weighted by Gasteiger charge is -2.13. The van der Waals surface area contributed by atoms with Crippen molar-refractivity contribution in [2.24, 2.45) is 0 Å². The number of nitrogens with zero attached hydrogens (tertiary/aromatic N) is 1. The van der Waals surface area contributed by atoms with Gasteiger partial charge in [-0.05, 0) is 43.7 Å². The molecule has 1 atom stereocenters. The van der Waals surface area contributed by atoms with E-state index in [0.717, 1.165) is 29.6 Å². The molecule has 2 N–H and O–H groups in total. The third-order valence-corrected chi connectivity index (χ3v) is 3.46. The van der Waals surface area contributed by atoms with E-state index in [4.69, 9.17) is 4.42 Å². The Labute approximate surface area is 122 Å². The Balaban J connectivity index is 1.59. The highest BCUT2D eigenvalue weighted by Gasteiger charge is 2.11. The molecule has 0 radical (unpaired) electrons. The lowest BCUT2D eigenvalue weighted by Crippen LogP contribution is -2.32. The zero-order valence-corrected chi connectivity index (χ0v) is 11.8. The van der Waals surface area contributed by atoms with E-state index in [1.54, 1.807) is 18.7 Å². The largest absolute Gasteiger partial charge is 0.469 e. The highest BCUT2D eigenvalue weighted by atomic mass is 16.3. The molecule has 1 amide bonds. The number of rotatable bonds is 5. The van der Waals surface area contributed by atoms with Crippen LogP contribution in [0.5, 0.6) is 0 Å². The molecule has 3 aromatic rings. The van der Waals surface area contributed by atoms with Gasteiger partial charge < -0.3 is 14.7 Å². The average molecular weight is 283 g/mol. The molecule has 0 aliphatic rings. The number of imidazole rings is 1. The summed E-state index contributed by atoms with van der Waals surface area (Å²) in [5.41, 5.74) is 2.36. The lowest BCUT2D eigenvalue weighted by atomic mass is 10.1. The maximum absolute atomic E-state index is 12.2. The minimum Gasteiger partial charge on any atom is -0.469 e. The van der Waals surface area contributed by atoms with Crippen molar-refractivity contribution in [1.82, 2.24) is 15.3 Å². The van der Waals surface area contributed by atoms with Crippen LogP contribution in [0, 0.1) is 0 Å². The summed E-state index contributed by atoms with van der Waals surface area (Å²) >= 11 is 0. The first-order chi connectivity index (χ1) is 10.2. The van der Waals surface area contributed by atoms with Crippen molar-refractivity contribution < 1.29 is 9.21 Å². The molecule has 5 nitrogen and oxygen atoms in total. The molecule has 0 spiro atoms. The number of amides is 1. The number of hydrogen-bond donors (Lipinski definition) is 2. The highest BCUT2D eigenvalue weighted by molar-refractivity contribution is 5.97. The lowest BCUT2D eigenvalue weighted by molar-refractivity contribution is 0.0938. The molecule has 2 heterocycles. The van der Waals surface area contributed by atoms with Gasteiger partial charge in [0, 0.05) is 18.0 Å². The topological polar surface area (TPSA) is 70.9 Å². The van der Waals surface area contributed by atoms with Gasteiger partial charge in [-0.2, -0.15) is 0 Å². The van der Waals surface area contributed by atoms with Crippen molar-refractivity contribution >= 4 is 16.9 Å². The minimum atomic E-state index is -0.0709. The molecule has 0 bridgehead atoms. The molecule has 0 saturated heterocycles. The molecule has 21 heavy (non-hydrogen) atoms. The maximum atomic E-state index is 12.2. The number of nitrogens with one attached hydrogen (secondary N) is 2. The third-order valence-electron chi connectivity index (χ3n) is 3.46. The van der Waals surface area contributed by atoms with Gasteiger partial charge in [-0.15, -0.1) is 0 Å². The number of hydrogen-bond acceptors (Lipinski definition) is 3. The molecule has 5 heteroatoms. The summed E-state index contributed by atoms with van der Waals surface area (Å²) in [7, 11) is 0. The molecule has 1 unspecified atom stereocenters. The third kappa shape index (κ3) is 3.13. The molecule has 0 saturated carbocycles. The number of carbonyl (C=O) groups excluding carboxylic acids is 1. The number of fused-ring (bicyclic) bond motifs is 1. The molecule has 0 fully saturated rings. The summed E-state index contributed by atoms with van der Waals surface area (Å²) in [5, 5.41) is 3.00. The van der Waals surface area contributed by atoms with Crippen LogP contribution in [0.3, 0.4) is 0 Å². The van der Waals surface area contributed by atoms with E-state index in [2.05, 4.69) is 15.3 Å². The average Bonchev–Trinajstić information content (AvgIpc) is 3.15. The second-order valence-corrected chi connectivity index (χ2v) is 5.13. The van der Waals surface area contributed by atoms with Gasteiger partial charge in [-0.1, -0.05) is 0 Å². The Kier molecular flexibility index (Phi) is 3.73. The number of furan rings is 1. The Morgan fingerprint density at radius 3 is 3.14 bits per heavy atom. The van der Waals surface area contributed by atoms with E-state index in [-0.39, 0.29) is 11.9 Å². The predicted molar refractivity (Wildman–Crippen MR) is 80.1 cm³/mol. The quantitative estimate of drug-likeness (QED) is 0.756. The number of aromatic nitrogens is 2. The molecule has 108 valence electrons. The van der Waals surface area contributed by atoms with Crippen LogP contribution in [0.4, 0.5) is 0 Å². The van der Waals surface area contributed by atoms with Crippen molar-refractivity contribution in [3.8, 4) is 0 Å². The number of carbonyl (C=O) groups is 1. The summed E-state index contributed by atoms with van der Waals surface area (Å²) in [5.74, 6) is 0.869. The van der Waals surface area contributed by atoms with Crippen LogP contribution in [-0.2, 0) is 6.42 Å². The normalized spacial score (nSPS) is 12.4. The molecule has 0 aliphatic heterocycles. The second-order valence-electron chi connectivity index (χ2n) is 5.13. The van der Waals surface area contributed by atoms with Crippen LogP contribution in [-0.4, -0.2) is 21.9 Å². The van der Waals surface area contributed by atoms with Crippen LogP contribution < -0.4 is 5.32 Å². The fourth-order valence-corrected chi connectivity index (χ4v) is 2.27. The van der Waals surface area contributed by atoms with Crippen molar-refractivity contribution in [2.45, 2.75) is 25.8 Å². The second kappa shape index (κ2) is 5.83. The van der Waals surface area contributed by atoms with Gasteiger partial charge in [0.1, 0.15) is 5.76 Å². The molecule has 3 rings (SSSR count). The van der Waals surface area contributed by atoms with Crippen LogP contribution in [0.2, 0.25) is 0 Å². The zero-order chi connectivity index (χ0) is 14.7. The monoisotopic (exact) mass is 283 g/mol. The Bertz CT molecular complexity index is 731.